The van der Waals surface area contributed by atoms with Crippen molar-refractivity contribution in [2.24, 2.45) is 0 Å². The summed E-state index contributed by atoms with van der Waals surface area (Å²) in [6.07, 6.45) is 0. The fraction of sp³-hybridized carbons (Fsp3) is 0.545. The van der Waals surface area contributed by atoms with Crippen molar-refractivity contribution in [2.75, 3.05) is 18.0 Å². The first-order valence-electron chi connectivity index (χ1n) is 5.40. The summed E-state index contributed by atoms with van der Waals surface area (Å²) in [7, 11) is 0. The van der Waals surface area contributed by atoms with E-state index in [0.29, 0.717) is 17.0 Å². The van der Waals surface area contributed by atoms with Gasteiger partial charge >= 0.3 is 5.97 Å². The number of thiophene rings is 1. The van der Waals surface area contributed by atoms with Gasteiger partial charge in [0.15, 0.2) is 0 Å². The van der Waals surface area contributed by atoms with Crippen LogP contribution < -0.4 is 10.2 Å². The van der Waals surface area contributed by atoms with Gasteiger partial charge in [0.1, 0.15) is 4.88 Å². The van der Waals surface area contributed by atoms with E-state index in [0.717, 1.165) is 18.1 Å². The number of rotatable bonds is 2. The number of anilines is 1. The summed E-state index contributed by atoms with van der Waals surface area (Å²) >= 11 is 1.35. The molecule has 0 saturated carbocycles. The average Bonchev–Trinajstić information content (AvgIpc) is 2.64. The molecule has 1 fully saturated rings. The van der Waals surface area contributed by atoms with Crippen molar-refractivity contribution in [1.29, 1.82) is 0 Å². The molecule has 2 unspecified atom stereocenters. The van der Waals surface area contributed by atoms with Crippen molar-refractivity contribution in [2.45, 2.75) is 25.9 Å². The van der Waals surface area contributed by atoms with Gasteiger partial charge in [-0.25, -0.2) is 4.79 Å². The summed E-state index contributed by atoms with van der Waals surface area (Å²) in [5.41, 5.74) is 0. The molecule has 2 rings (SSSR count). The number of nitrogens with one attached hydrogen (secondary N) is 1. The molecular weight excluding hydrogens is 224 g/mol. The van der Waals surface area contributed by atoms with Crippen molar-refractivity contribution in [3.8, 4) is 0 Å². The molecule has 1 aromatic heterocycles. The number of nitrogens with zero attached hydrogens (tertiary/aromatic N) is 1. The van der Waals surface area contributed by atoms with Crippen LogP contribution in [0.1, 0.15) is 23.5 Å². The summed E-state index contributed by atoms with van der Waals surface area (Å²) in [6, 6.07) is 4.47. The first-order chi connectivity index (χ1) is 7.56. The third kappa shape index (κ3) is 2.36. The molecule has 2 atom stereocenters. The fourth-order valence-electron chi connectivity index (χ4n) is 2.12. The third-order valence-electron chi connectivity index (χ3n) is 2.67. The van der Waals surface area contributed by atoms with E-state index in [4.69, 9.17) is 5.11 Å². The van der Waals surface area contributed by atoms with Gasteiger partial charge in [-0.15, -0.1) is 11.3 Å². The maximum Gasteiger partial charge on any atom is 0.345 e. The number of hydrogen-bond acceptors (Lipinski definition) is 4. The molecule has 0 bridgehead atoms. The number of carboxylic acid groups (broad SMARTS) is 1. The van der Waals surface area contributed by atoms with Gasteiger partial charge in [0.25, 0.3) is 0 Å². The Hall–Kier alpha value is -1.07. The molecule has 4 nitrogen and oxygen atoms in total. The van der Waals surface area contributed by atoms with Gasteiger partial charge in [0.05, 0.1) is 5.00 Å². The van der Waals surface area contributed by atoms with Gasteiger partial charge < -0.3 is 15.3 Å². The molecule has 1 saturated heterocycles. The predicted molar refractivity (Wildman–Crippen MR) is 65.6 cm³/mol. The van der Waals surface area contributed by atoms with Crippen molar-refractivity contribution < 1.29 is 9.90 Å². The molecule has 0 amide bonds. The van der Waals surface area contributed by atoms with Gasteiger partial charge in [-0.1, -0.05) is 0 Å². The van der Waals surface area contributed by atoms with Crippen molar-refractivity contribution in [3.63, 3.8) is 0 Å². The lowest BCUT2D eigenvalue weighted by atomic mass is 10.1. The van der Waals surface area contributed by atoms with E-state index in [9.17, 15) is 4.79 Å². The van der Waals surface area contributed by atoms with Crippen LogP contribution >= 0.6 is 11.3 Å². The van der Waals surface area contributed by atoms with Crippen molar-refractivity contribution in [1.82, 2.24) is 5.32 Å². The third-order valence-corrected chi connectivity index (χ3v) is 3.81. The lowest BCUT2D eigenvalue weighted by molar-refractivity contribution is 0.0702. The number of piperazine rings is 1. The van der Waals surface area contributed by atoms with E-state index in [1.54, 1.807) is 6.07 Å². The SMILES string of the molecule is CC1CN(c2ccc(C(=O)O)s2)CC(C)N1. The van der Waals surface area contributed by atoms with Crippen LogP contribution in [0.3, 0.4) is 0 Å². The number of hydrogen-bond donors (Lipinski definition) is 2. The van der Waals surface area contributed by atoms with Gasteiger partial charge in [-0.05, 0) is 26.0 Å². The zero-order valence-corrected chi connectivity index (χ0v) is 10.3. The minimum absolute atomic E-state index is 0.411. The molecule has 0 radical (unpaired) electrons. The highest BCUT2D eigenvalue weighted by atomic mass is 32.1. The van der Waals surface area contributed by atoms with Gasteiger partial charge in [-0.2, -0.15) is 0 Å². The molecule has 1 aliphatic heterocycles. The number of carbonyl (C=O) groups is 1. The lowest BCUT2D eigenvalue weighted by Crippen LogP contribution is -2.54. The van der Waals surface area contributed by atoms with Crippen LogP contribution in [0.4, 0.5) is 5.00 Å². The quantitative estimate of drug-likeness (QED) is 0.825. The van der Waals surface area contributed by atoms with Crippen LogP contribution in [0.5, 0.6) is 0 Å². The Morgan fingerprint density at radius 2 is 2.06 bits per heavy atom. The number of carboxylic acids is 1. The highest BCUT2D eigenvalue weighted by molar-refractivity contribution is 7.17. The fourth-order valence-corrected chi connectivity index (χ4v) is 2.98. The molecule has 2 N–H and O–H groups in total. The van der Waals surface area contributed by atoms with Crippen molar-refractivity contribution in [3.05, 3.63) is 17.0 Å². The van der Waals surface area contributed by atoms with Crippen LogP contribution in [-0.4, -0.2) is 36.2 Å². The molecule has 0 aromatic carbocycles. The summed E-state index contributed by atoms with van der Waals surface area (Å²) < 4.78 is 0. The molecule has 2 heterocycles. The maximum absolute atomic E-state index is 10.8. The second kappa shape index (κ2) is 4.43. The van der Waals surface area contributed by atoms with Crippen LogP contribution in [0.25, 0.3) is 0 Å². The van der Waals surface area contributed by atoms with Gasteiger partial charge in [-0.3, -0.25) is 0 Å². The molecule has 5 heteroatoms. The summed E-state index contributed by atoms with van der Waals surface area (Å²) in [6.45, 7) is 6.16. The molecular formula is C11H16N2O2S. The Morgan fingerprint density at radius 1 is 1.44 bits per heavy atom. The second-order valence-electron chi connectivity index (χ2n) is 4.32. The van der Waals surface area contributed by atoms with E-state index in [1.165, 1.54) is 11.3 Å². The first-order valence-corrected chi connectivity index (χ1v) is 6.22. The molecule has 88 valence electrons. The standard InChI is InChI=1S/C11H16N2O2S/c1-7-5-13(6-8(2)12-7)10-4-3-9(16-10)11(14)15/h3-4,7-8,12H,5-6H2,1-2H3,(H,14,15). The molecule has 1 aliphatic rings. The smallest absolute Gasteiger partial charge is 0.345 e. The Morgan fingerprint density at radius 3 is 2.56 bits per heavy atom. The predicted octanol–water partition coefficient (Wildman–Crippen LogP) is 1.63. The summed E-state index contributed by atoms with van der Waals surface area (Å²) in [5, 5.41) is 13.4. The summed E-state index contributed by atoms with van der Waals surface area (Å²) in [4.78, 5) is 13.5. The van der Waals surface area contributed by atoms with Crippen LogP contribution in [0.2, 0.25) is 0 Å². The van der Waals surface area contributed by atoms with Gasteiger partial charge in [0.2, 0.25) is 0 Å². The Kier molecular flexibility index (Phi) is 3.16. The zero-order valence-electron chi connectivity index (χ0n) is 9.43. The largest absolute Gasteiger partial charge is 0.477 e. The highest BCUT2D eigenvalue weighted by Crippen LogP contribution is 2.27. The Bertz CT molecular complexity index is 381. The average molecular weight is 240 g/mol. The summed E-state index contributed by atoms with van der Waals surface area (Å²) in [5.74, 6) is -0.840. The monoisotopic (exact) mass is 240 g/mol. The second-order valence-corrected chi connectivity index (χ2v) is 5.38. The zero-order chi connectivity index (χ0) is 11.7. The number of aromatic carboxylic acids is 1. The highest BCUT2D eigenvalue weighted by Gasteiger charge is 2.22. The topological polar surface area (TPSA) is 52.6 Å². The van der Waals surface area contributed by atoms with E-state index in [1.807, 2.05) is 6.07 Å². The van der Waals surface area contributed by atoms with Crippen LogP contribution in [0.15, 0.2) is 12.1 Å². The van der Waals surface area contributed by atoms with E-state index < -0.39 is 5.97 Å². The molecule has 1 aromatic rings. The van der Waals surface area contributed by atoms with Gasteiger partial charge in [0, 0.05) is 25.2 Å². The lowest BCUT2D eigenvalue weighted by Gasteiger charge is -2.36. The minimum atomic E-state index is -0.840. The van der Waals surface area contributed by atoms with E-state index >= 15 is 0 Å². The van der Waals surface area contributed by atoms with E-state index in [-0.39, 0.29) is 0 Å². The van der Waals surface area contributed by atoms with Crippen LogP contribution in [0, 0.1) is 0 Å². The maximum atomic E-state index is 10.8. The molecule has 0 aliphatic carbocycles. The Balaban J connectivity index is 2.13. The Labute approximate surface area is 98.9 Å². The normalized spacial score (nSPS) is 25.8. The minimum Gasteiger partial charge on any atom is -0.477 e. The van der Waals surface area contributed by atoms with E-state index in [2.05, 4.69) is 24.1 Å². The van der Waals surface area contributed by atoms with Crippen molar-refractivity contribution >= 4 is 22.3 Å². The molecule has 16 heavy (non-hydrogen) atoms. The van der Waals surface area contributed by atoms with Crippen LogP contribution in [-0.2, 0) is 0 Å². The first kappa shape index (κ1) is 11.4. The molecule has 0 spiro atoms.